The molecule has 1 aromatic heterocycles. The number of anilines is 1. The first-order valence-corrected chi connectivity index (χ1v) is 8.65. The van der Waals surface area contributed by atoms with E-state index in [1.807, 2.05) is 36.9 Å². The lowest BCUT2D eigenvalue weighted by molar-refractivity contribution is -0.122. The molecule has 4 rings (SSSR count). The molecule has 2 aliphatic heterocycles. The first kappa shape index (κ1) is 15.9. The molecule has 2 atom stereocenters. The molecular formula is C19H21N3O3. The van der Waals surface area contributed by atoms with Crippen LogP contribution in [-0.2, 0) is 4.79 Å². The zero-order chi connectivity index (χ0) is 17.6. The van der Waals surface area contributed by atoms with Crippen molar-refractivity contribution in [2.24, 2.45) is 0 Å². The van der Waals surface area contributed by atoms with E-state index in [9.17, 15) is 9.59 Å². The van der Waals surface area contributed by atoms with Crippen LogP contribution in [0.2, 0.25) is 0 Å². The van der Waals surface area contributed by atoms with E-state index in [4.69, 9.17) is 4.42 Å². The Morgan fingerprint density at radius 2 is 1.96 bits per heavy atom. The van der Waals surface area contributed by atoms with Crippen molar-refractivity contribution in [2.45, 2.75) is 51.6 Å². The van der Waals surface area contributed by atoms with E-state index in [1.165, 1.54) is 0 Å². The summed E-state index contributed by atoms with van der Waals surface area (Å²) < 4.78 is 5.49. The van der Waals surface area contributed by atoms with Crippen LogP contribution in [0.1, 0.15) is 36.9 Å². The number of hydrogen-bond acceptors (Lipinski definition) is 4. The third-order valence-corrected chi connectivity index (χ3v) is 5.12. The van der Waals surface area contributed by atoms with Crippen molar-refractivity contribution in [2.75, 3.05) is 5.32 Å². The number of aromatic nitrogens is 1. The number of Topliss-reactive ketones (excluding diaryl/α,β-unsaturated/α-hetero) is 1. The monoisotopic (exact) mass is 339 g/mol. The predicted octanol–water partition coefficient (Wildman–Crippen LogP) is 3.69. The fourth-order valence-electron chi connectivity index (χ4n) is 3.90. The summed E-state index contributed by atoms with van der Waals surface area (Å²) in [5.74, 6) is 0.822. The van der Waals surface area contributed by atoms with Crippen molar-refractivity contribution in [3.63, 3.8) is 0 Å². The SMILES string of the molecule is Cc1coc(-c2cc(NC(=O)N3C4CCC3CC(=O)C4)ccc2C)n1. The second kappa shape index (κ2) is 6.02. The number of oxazole rings is 1. The molecule has 6 heteroatoms. The van der Waals surface area contributed by atoms with E-state index in [1.54, 1.807) is 6.26 Å². The van der Waals surface area contributed by atoms with Gasteiger partial charge in [-0.25, -0.2) is 9.78 Å². The van der Waals surface area contributed by atoms with E-state index in [0.717, 1.165) is 29.7 Å². The van der Waals surface area contributed by atoms with Gasteiger partial charge >= 0.3 is 6.03 Å². The molecule has 2 bridgehead atoms. The zero-order valence-corrected chi connectivity index (χ0v) is 14.4. The molecule has 0 saturated carbocycles. The first-order chi connectivity index (χ1) is 12.0. The van der Waals surface area contributed by atoms with Crippen molar-refractivity contribution in [3.05, 3.63) is 35.7 Å². The maximum absolute atomic E-state index is 12.7. The molecule has 6 nitrogen and oxygen atoms in total. The van der Waals surface area contributed by atoms with Gasteiger partial charge < -0.3 is 14.6 Å². The number of nitrogens with zero attached hydrogens (tertiary/aromatic N) is 2. The molecular weight excluding hydrogens is 318 g/mol. The molecule has 2 fully saturated rings. The lowest BCUT2D eigenvalue weighted by atomic mass is 10.0. The average Bonchev–Trinajstić information content (AvgIpc) is 3.11. The Kier molecular flexibility index (Phi) is 3.82. The van der Waals surface area contributed by atoms with E-state index in [-0.39, 0.29) is 23.9 Å². The van der Waals surface area contributed by atoms with Gasteiger partial charge in [0.15, 0.2) is 0 Å². The molecule has 2 amide bonds. The molecule has 1 aromatic carbocycles. The van der Waals surface area contributed by atoms with Crippen LogP contribution in [0, 0.1) is 13.8 Å². The van der Waals surface area contributed by atoms with Gasteiger partial charge in [0.05, 0.1) is 5.69 Å². The van der Waals surface area contributed by atoms with Crippen molar-refractivity contribution >= 4 is 17.5 Å². The van der Waals surface area contributed by atoms with Gasteiger partial charge in [0, 0.05) is 36.2 Å². The third kappa shape index (κ3) is 2.92. The number of carbonyl (C=O) groups excluding carboxylic acids is 2. The molecule has 2 aromatic rings. The van der Waals surface area contributed by atoms with Gasteiger partial charge in [0.25, 0.3) is 0 Å². The van der Waals surface area contributed by atoms with Crippen molar-refractivity contribution < 1.29 is 14.0 Å². The van der Waals surface area contributed by atoms with Gasteiger partial charge in [-0.05, 0) is 44.4 Å². The number of carbonyl (C=O) groups is 2. The Bertz CT molecular complexity index is 826. The van der Waals surface area contributed by atoms with Gasteiger partial charge in [-0.3, -0.25) is 4.79 Å². The second-order valence-corrected chi connectivity index (χ2v) is 6.99. The van der Waals surface area contributed by atoms with E-state index < -0.39 is 0 Å². The van der Waals surface area contributed by atoms with E-state index in [2.05, 4.69) is 10.3 Å². The standard InChI is InChI=1S/C19H21N3O3/c1-11-3-4-13(7-17(11)18-20-12(2)10-25-18)21-19(24)22-14-5-6-15(22)9-16(23)8-14/h3-4,7,10,14-15H,5-6,8-9H2,1-2H3,(H,21,24). The molecule has 0 radical (unpaired) electrons. The highest BCUT2D eigenvalue weighted by Crippen LogP contribution is 2.34. The van der Waals surface area contributed by atoms with Crippen molar-refractivity contribution in [1.29, 1.82) is 0 Å². The summed E-state index contributed by atoms with van der Waals surface area (Å²) in [6, 6.07) is 5.67. The fourth-order valence-corrected chi connectivity index (χ4v) is 3.90. The summed E-state index contributed by atoms with van der Waals surface area (Å²) in [4.78, 5) is 30.7. The van der Waals surface area contributed by atoms with Crippen LogP contribution in [0.5, 0.6) is 0 Å². The largest absolute Gasteiger partial charge is 0.444 e. The van der Waals surface area contributed by atoms with Crippen LogP contribution in [-0.4, -0.2) is 33.8 Å². The predicted molar refractivity (Wildman–Crippen MR) is 93.3 cm³/mol. The summed E-state index contributed by atoms with van der Waals surface area (Å²) in [5.41, 5.74) is 3.42. The molecule has 0 spiro atoms. The van der Waals surface area contributed by atoms with Gasteiger partial charge in [-0.2, -0.15) is 0 Å². The van der Waals surface area contributed by atoms with Gasteiger partial charge in [0.2, 0.25) is 5.89 Å². The Labute approximate surface area is 146 Å². The summed E-state index contributed by atoms with van der Waals surface area (Å²) in [6.07, 6.45) is 4.41. The summed E-state index contributed by atoms with van der Waals surface area (Å²) >= 11 is 0. The molecule has 2 aliphatic rings. The normalized spacial score (nSPS) is 22.3. The molecule has 2 saturated heterocycles. The van der Waals surface area contributed by atoms with Crippen molar-refractivity contribution in [3.8, 4) is 11.5 Å². The fraction of sp³-hybridized carbons (Fsp3) is 0.421. The second-order valence-electron chi connectivity index (χ2n) is 6.99. The number of hydrogen-bond donors (Lipinski definition) is 1. The Balaban J connectivity index is 1.55. The molecule has 2 unspecified atom stereocenters. The van der Waals surface area contributed by atoms with Gasteiger partial charge in [-0.15, -0.1) is 0 Å². The number of rotatable bonds is 2. The number of aryl methyl sites for hydroxylation is 2. The number of piperidine rings is 1. The third-order valence-electron chi connectivity index (χ3n) is 5.12. The highest BCUT2D eigenvalue weighted by molar-refractivity contribution is 5.93. The first-order valence-electron chi connectivity index (χ1n) is 8.65. The molecule has 3 heterocycles. The number of benzene rings is 1. The van der Waals surface area contributed by atoms with Crippen LogP contribution in [0.4, 0.5) is 10.5 Å². The number of nitrogens with one attached hydrogen (secondary N) is 1. The minimum absolute atomic E-state index is 0.0468. The van der Waals surface area contributed by atoms with Gasteiger partial charge in [-0.1, -0.05) is 6.07 Å². The Morgan fingerprint density at radius 1 is 1.24 bits per heavy atom. The average molecular weight is 339 g/mol. The Hall–Kier alpha value is -2.63. The van der Waals surface area contributed by atoms with Crippen LogP contribution in [0.25, 0.3) is 11.5 Å². The van der Waals surface area contributed by atoms with Crippen LogP contribution < -0.4 is 5.32 Å². The van der Waals surface area contributed by atoms with E-state index in [0.29, 0.717) is 24.4 Å². The van der Waals surface area contributed by atoms with Crippen LogP contribution >= 0.6 is 0 Å². The quantitative estimate of drug-likeness (QED) is 0.905. The lowest BCUT2D eigenvalue weighted by Gasteiger charge is -2.34. The highest BCUT2D eigenvalue weighted by atomic mass is 16.3. The maximum Gasteiger partial charge on any atom is 0.322 e. The maximum atomic E-state index is 12.7. The number of urea groups is 1. The summed E-state index contributed by atoms with van der Waals surface area (Å²) in [5, 5.41) is 2.98. The topological polar surface area (TPSA) is 75.4 Å². The molecule has 1 N–H and O–H groups in total. The number of amides is 2. The molecule has 130 valence electrons. The minimum Gasteiger partial charge on any atom is -0.444 e. The highest BCUT2D eigenvalue weighted by Gasteiger charge is 2.42. The summed E-state index contributed by atoms with van der Waals surface area (Å²) in [7, 11) is 0. The van der Waals surface area contributed by atoms with Gasteiger partial charge in [0.1, 0.15) is 12.0 Å². The van der Waals surface area contributed by atoms with E-state index >= 15 is 0 Å². The van der Waals surface area contributed by atoms with Crippen LogP contribution in [0.3, 0.4) is 0 Å². The lowest BCUT2D eigenvalue weighted by Crippen LogP contribution is -2.48. The Morgan fingerprint density at radius 3 is 2.60 bits per heavy atom. The zero-order valence-electron chi connectivity index (χ0n) is 14.4. The number of ketones is 1. The smallest absolute Gasteiger partial charge is 0.322 e. The minimum atomic E-state index is -0.126. The van der Waals surface area contributed by atoms with Crippen LogP contribution in [0.15, 0.2) is 28.9 Å². The summed E-state index contributed by atoms with van der Waals surface area (Å²) in [6.45, 7) is 3.86. The molecule has 25 heavy (non-hydrogen) atoms. The van der Waals surface area contributed by atoms with Crippen molar-refractivity contribution in [1.82, 2.24) is 9.88 Å². The molecule has 0 aliphatic carbocycles. The number of fused-ring (bicyclic) bond motifs is 2.